The van der Waals surface area contributed by atoms with Crippen LogP contribution in [0.3, 0.4) is 0 Å². The summed E-state index contributed by atoms with van der Waals surface area (Å²) in [6.45, 7) is 2.05. The van der Waals surface area contributed by atoms with Crippen LogP contribution < -0.4 is 10.9 Å². The Labute approximate surface area is 183 Å². The van der Waals surface area contributed by atoms with Crippen LogP contribution in [-0.4, -0.2) is 29.5 Å². The maximum absolute atomic E-state index is 13.8. The Kier molecular flexibility index (Phi) is 4.24. The van der Waals surface area contributed by atoms with E-state index >= 15 is 0 Å². The average Bonchev–Trinajstić information content (AvgIpc) is 3.54. The molecule has 1 saturated carbocycles. The number of nitrogens with zero attached hydrogens (tertiary/aromatic N) is 5. The van der Waals surface area contributed by atoms with E-state index in [2.05, 4.69) is 36.3 Å². The first-order valence-electron chi connectivity index (χ1n) is 10.7. The number of H-pyrrole nitrogens is 1. The van der Waals surface area contributed by atoms with Gasteiger partial charge in [0, 0.05) is 29.7 Å². The molecule has 5 aromatic rings. The molecule has 1 atom stereocenters. The van der Waals surface area contributed by atoms with Crippen LogP contribution in [0, 0.1) is 0 Å². The maximum atomic E-state index is 13.8. The van der Waals surface area contributed by atoms with Crippen molar-refractivity contribution in [2.24, 2.45) is 0 Å². The van der Waals surface area contributed by atoms with E-state index in [1.54, 1.807) is 18.7 Å². The first-order valence-corrected chi connectivity index (χ1v) is 10.7. The summed E-state index contributed by atoms with van der Waals surface area (Å²) >= 11 is 0. The Morgan fingerprint density at radius 3 is 2.88 bits per heavy atom. The smallest absolute Gasteiger partial charge is 0.259 e. The summed E-state index contributed by atoms with van der Waals surface area (Å²) in [6.07, 6.45) is 8.67. The van der Waals surface area contributed by atoms with E-state index in [1.165, 1.54) is 6.33 Å². The summed E-state index contributed by atoms with van der Waals surface area (Å²) in [4.78, 5) is 34.0. The van der Waals surface area contributed by atoms with Gasteiger partial charge in [-0.1, -0.05) is 24.3 Å². The zero-order valence-corrected chi connectivity index (χ0v) is 17.5. The number of hydrogen-bond acceptors (Lipinski definition) is 6. The summed E-state index contributed by atoms with van der Waals surface area (Å²) < 4.78 is 1.96. The third-order valence-electron chi connectivity index (χ3n) is 6.01. The van der Waals surface area contributed by atoms with Crippen LogP contribution in [0.25, 0.3) is 33.1 Å². The summed E-state index contributed by atoms with van der Waals surface area (Å²) in [5.41, 5.74) is 4.19. The van der Waals surface area contributed by atoms with Crippen molar-refractivity contribution >= 4 is 27.8 Å². The Morgan fingerprint density at radius 1 is 1.16 bits per heavy atom. The highest BCUT2D eigenvalue weighted by molar-refractivity contribution is 5.96. The van der Waals surface area contributed by atoms with Gasteiger partial charge in [0.05, 0.1) is 17.8 Å². The highest BCUT2D eigenvalue weighted by Gasteiger charge is 2.30. The lowest BCUT2D eigenvalue weighted by Gasteiger charge is -2.22. The van der Waals surface area contributed by atoms with E-state index in [4.69, 9.17) is 0 Å². The monoisotopic (exact) mass is 423 g/mol. The van der Waals surface area contributed by atoms with Gasteiger partial charge in [0.25, 0.3) is 5.56 Å². The van der Waals surface area contributed by atoms with Gasteiger partial charge in [0.1, 0.15) is 11.8 Å². The predicted octanol–water partition coefficient (Wildman–Crippen LogP) is 4.24. The minimum absolute atomic E-state index is 0.0423. The van der Waals surface area contributed by atoms with Gasteiger partial charge in [-0.05, 0) is 42.8 Å². The lowest BCUT2D eigenvalue weighted by atomic mass is 9.99. The second kappa shape index (κ2) is 7.26. The molecule has 1 aliphatic carbocycles. The minimum Gasteiger partial charge on any atom is -0.360 e. The molecule has 32 heavy (non-hydrogen) atoms. The fraction of sp³-hybridized carbons (Fsp3) is 0.208. The molecule has 8 nitrogen and oxygen atoms in total. The largest absolute Gasteiger partial charge is 0.360 e. The SMILES string of the molecule is C[C@@H](Nc1ncnc2[nH]cnc12)c1cc2cccc(-c3cccnc3)c2c(=O)n1C1CC1. The maximum Gasteiger partial charge on any atom is 0.259 e. The Morgan fingerprint density at radius 2 is 2.06 bits per heavy atom. The van der Waals surface area contributed by atoms with Crippen LogP contribution >= 0.6 is 0 Å². The molecule has 158 valence electrons. The zero-order valence-electron chi connectivity index (χ0n) is 17.5. The molecule has 0 saturated heterocycles. The number of aromatic nitrogens is 6. The number of aromatic amines is 1. The molecule has 0 radical (unpaired) electrons. The zero-order chi connectivity index (χ0) is 21.7. The molecule has 1 aromatic carbocycles. The predicted molar refractivity (Wildman–Crippen MR) is 123 cm³/mol. The molecule has 2 N–H and O–H groups in total. The summed E-state index contributed by atoms with van der Waals surface area (Å²) in [5, 5.41) is 5.10. The fourth-order valence-electron chi connectivity index (χ4n) is 4.35. The molecule has 0 amide bonds. The van der Waals surface area contributed by atoms with Crippen molar-refractivity contribution in [2.75, 3.05) is 5.32 Å². The quantitative estimate of drug-likeness (QED) is 0.438. The van der Waals surface area contributed by atoms with Gasteiger partial charge in [0.2, 0.25) is 0 Å². The number of benzene rings is 1. The van der Waals surface area contributed by atoms with Crippen molar-refractivity contribution in [2.45, 2.75) is 31.8 Å². The second-order valence-electron chi connectivity index (χ2n) is 8.18. The minimum atomic E-state index is -0.149. The van der Waals surface area contributed by atoms with Crippen LogP contribution in [0.2, 0.25) is 0 Å². The molecule has 4 heterocycles. The molecular weight excluding hydrogens is 402 g/mol. The Bertz CT molecular complexity index is 1500. The van der Waals surface area contributed by atoms with Crippen molar-refractivity contribution in [1.29, 1.82) is 0 Å². The topological polar surface area (TPSA) is 101 Å². The highest BCUT2D eigenvalue weighted by Crippen LogP contribution is 2.38. The van der Waals surface area contributed by atoms with Gasteiger partial charge < -0.3 is 14.9 Å². The van der Waals surface area contributed by atoms with E-state index in [1.807, 2.05) is 41.8 Å². The number of hydrogen-bond donors (Lipinski definition) is 2. The summed E-state index contributed by atoms with van der Waals surface area (Å²) in [7, 11) is 0. The molecular formula is C24H21N7O. The number of fused-ring (bicyclic) bond motifs is 2. The fourth-order valence-corrected chi connectivity index (χ4v) is 4.35. The van der Waals surface area contributed by atoms with Crippen LogP contribution in [-0.2, 0) is 0 Å². The van der Waals surface area contributed by atoms with Crippen LogP contribution in [0.4, 0.5) is 5.82 Å². The van der Waals surface area contributed by atoms with Gasteiger partial charge in [-0.2, -0.15) is 0 Å². The van der Waals surface area contributed by atoms with Crippen molar-refractivity contribution in [1.82, 2.24) is 29.5 Å². The second-order valence-corrected chi connectivity index (χ2v) is 8.18. The first-order chi connectivity index (χ1) is 15.7. The van der Waals surface area contributed by atoms with Gasteiger partial charge >= 0.3 is 0 Å². The highest BCUT2D eigenvalue weighted by atomic mass is 16.1. The molecule has 1 aliphatic rings. The molecule has 6 rings (SSSR count). The lowest BCUT2D eigenvalue weighted by molar-refractivity contribution is 0.636. The Hall–Kier alpha value is -4.07. The summed E-state index contributed by atoms with van der Waals surface area (Å²) in [6, 6.07) is 12.1. The summed E-state index contributed by atoms with van der Waals surface area (Å²) in [5.74, 6) is 0.641. The third-order valence-corrected chi connectivity index (χ3v) is 6.01. The molecule has 1 fully saturated rings. The van der Waals surface area contributed by atoms with E-state index in [-0.39, 0.29) is 17.6 Å². The number of anilines is 1. The third kappa shape index (κ3) is 3.03. The normalized spacial score (nSPS) is 14.7. The van der Waals surface area contributed by atoms with E-state index in [0.29, 0.717) is 17.0 Å². The molecule has 0 spiro atoms. The van der Waals surface area contributed by atoms with Crippen molar-refractivity contribution in [3.63, 3.8) is 0 Å². The van der Waals surface area contributed by atoms with E-state index < -0.39 is 0 Å². The van der Waals surface area contributed by atoms with Crippen LogP contribution in [0.1, 0.15) is 37.5 Å². The van der Waals surface area contributed by atoms with E-state index in [0.717, 1.165) is 40.4 Å². The standard InChI is InChI=1S/C24H21N7O/c1-14(30-23-21-22(27-12-26-21)28-13-29-23)19-10-15-4-2-6-18(16-5-3-9-25-11-16)20(15)24(32)31(19)17-7-8-17/h2-6,9-14,17H,7-8H2,1H3,(H2,26,27,28,29,30)/t14-/m1/s1. The number of imidazole rings is 1. The molecule has 4 aromatic heterocycles. The van der Waals surface area contributed by atoms with Gasteiger partial charge in [-0.3, -0.25) is 9.78 Å². The van der Waals surface area contributed by atoms with Gasteiger partial charge in [-0.15, -0.1) is 0 Å². The van der Waals surface area contributed by atoms with Gasteiger partial charge in [-0.25, -0.2) is 15.0 Å². The molecule has 8 heteroatoms. The number of rotatable bonds is 5. The molecule has 0 unspecified atom stereocenters. The average molecular weight is 423 g/mol. The molecule has 0 aliphatic heterocycles. The van der Waals surface area contributed by atoms with E-state index in [9.17, 15) is 4.79 Å². The number of nitrogens with one attached hydrogen (secondary N) is 2. The van der Waals surface area contributed by atoms with Crippen molar-refractivity contribution in [3.05, 3.63) is 77.5 Å². The van der Waals surface area contributed by atoms with Crippen molar-refractivity contribution < 1.29 is 0 Å². The number of pyridine rings is 2. The van der Waals surface area contributed by atoms with Crippen molar-refractivity contribution in [3.8, 4) is 11.1 Å². The van der Waals surface area contributed by atoms with Crippen LogP contribution in [0.5, 0.6) is 0 Å². The van der Waals surface area contributed by atoms with Gasteiger partial charge in [0.15, 0.2) is 11.5 Å². The molecule has 0 bridgehead atoms. The first kappa shape index (κ1) is 18.7. The van der Waals surface area contributed by atoms with Crippen LogP contribution in [0.15, 0.2) is 66.2 Å². The Balaban J connectivity index is 1.51. The lowest BCUT2D eigenvalue weighted by Crippen LogP contribution is -2.26.